The summed E-state index contributed by atoms with van der Waals surface area (Å²) in [5.74, 6) is -0.145. The van der Waals surface area contributed by atoms with Crippen LogP contribution in [-0.4, -0.2) is 10.9 Å². The summed E-state index contributed by atoms with van der Waals surface area (Å²) in [6.07, 6.45) is 0.697. The van der Waals surface area contributed by atoms with Crippen LogP contribution in [0.2, 0.25) is 5.02 Å². The number of fused-ring (bicyclic) bond motifs is 1. The highest BCUT2D eigenvalue weighted by atomic mass is 35.5. The first kappa shape index (κ1) is 16.5. The van der Waals surface area contributed by atoms with Gasteiger partial charge in [-0.2, -0.15) is 0 Å². The van der Waals surface area contributed by atoms with Gasteiger partial charge in [-0.3, -0.25) is 9.78 Å². The van der Waals surface area contributed by atoms with Gasteiger partial charge in [0.15, 0.2) is 0 Å². The van der Waals surface area contributed by atoms with Crippen molar-refractivity contribution in [3.05, 3.63) is 69.9 Å². The van der Waals surface area contributed by atoms with Crippen LogP contribution in [0.15, 0.2) is 42.5 Å². The van der Waals surface area contributed by atoms with Crippen LogP contribution in [0, 0.1) is 13.8 Å². The first-order valence-corrected chi connectivity index (χ1v) is 8.34. The van der Waals surface area contributed by atoms with E-state index in [4.69, 9.17) is 11.6 Å². The average Bonchev–Trinajstić information content (AvgIpc) is 2.57. The smallest absolute Gasteiger partial charge is 0.257 e. The van der Waals surface area contributed by atoms with Gasteiger partial charge in [-0.15, -0.1) is 0 Å². The molecule has 122 valence electrons. The maximum atomic E-state index is 12.9. The Morgan fingerprint density at radius 2 is 1.92 bits per heavy atom. The predicted molar refractivity (Wildman–Crippen MR) is 100 cm³/mol. The number of nitrogens with one attached hydrogen (secondary N) is 1. The molecule has 4 heteroatoms. The molecule has 0 bridgehead atoms. The van der Waals surface area contributed by atoms with Gasteiger partial charge >= 0.3 is 0 Å². The van der Waals surface area contributed by atoms with E-state index >= 15 is 0 Å². The molecule has 1 amide bonds. The van der Waals surface area contributed by atoms with Crippen LogP contribution in [0.25, 0.3) is 10.9 Å². The molecule has 1 N–H and O–H groups in total. The molecule has 0 saturated heterocycles. The van der Waals surface area contributed by atoms with E-state index in [1.165, 1.54) is 0 Å². The molecule has 0 atom stereocenters. The zero-order chi connectivity index (χ0) is 17.3. The van der Waals surface area contributed by atoms with E-state index < -0.39 is 0 Å². The number of hydrogen-bond acceptors (Lipinski definition) is 2. The highest BCUT2D eigenvalue weighted by Crippen LogP contribution is 2.26. The van der Waals surface area contributed by atoms with Gasteiger partial charge in [-0.05, 0) is 49.6 Å². The van der Waals surface area contributed by atoms with Crippen molar-refractivity contribution < 1.29 is 4.79 Å². The first-order chi connectivity index (χ1) is 11.5. The molecule has 0 aliphatic rings. The Kier molecular flexibility index (Phi) is 4.54. The third-order valence-corrected chi connectivity index (χ3v) is 4.47. The third kappa shape index (κ3) is 3.00. The van der Waals surface area contributed by atoms with Gasteiger partial charge in [-0.1, -0.05) is 42.8 Å². The Labute approximate surface area is 146 Å². The van der Waals surface area contributed by atoms with E-state index in [1.807, 2.05) is 57.2 Å². The van der Waals surface area contributed by atoms with Crippen LogP contribution in [0.5, 0.6) is 0 Å². The predicted octanol–water partition coefficient (Wildman–Crippen LogP) is 5.32. The molecule has 1 aromatic heterocycles. The summed E-state index contributed by atoms with van der Waals surface area (Å²) in [5.41, 5.74) is 5.02. The molecular weight excluding hydrogens is 320 g/mol. The highest BCUT2D eigenvalue weighted by molar-refractivity contribution is 6.31. The van der Waals surface area contributed by atoms with E-state index in [1.54, 1.807) is 6.07 Å². The Balaban J connectivity index is 2.09. The van der Waals surface area contributed by atoms with Gasteiger partial charge in [0, 0.05) is 16.1 Å². The second-order valence-electron chi connectivity index (χ2n) is 5.84. The summed E-state index contributed by atoms with van der Waals surface area (Å²) in [6, 6.07) is 13.4. The maximum absolute atomic E-state index is 12.9. The summed E-state index contributed by atoms with van der Waals surface area (Å²) in [6.45, 7) is 5.93. The van der Waals surface area contributed by atoms with Crippen molar-refractivity contribution in [3.8, 4) is 0 Å². The number of aromatic nitrogens is 1. The lowest BCUT2D eigenvalue weighted by Gasteiger charge is -2.15. The molecule has 0 aliphatic heterocycles. The van der Waals surface area contributed by atoms with Crippen LogP contribution in [0.1, 0.15) is 34.1 Å². The fourth-order valence-corrected chi connectivity index (χ4v) is 3.08. The van der Waals surface area contributed by atoms with Gasteiger partial charge in [0.05, 0.1) is 16.8 Å². The molecule has 0 saturated carbocycles. The van der Waals surface area contributed by atoms with E-state index in [9.17, 15) is 4.79 Å². The SMILES string of the molecule is CCc1nc2ccccc2c(C)c1C(=O)Nc1cc(Cl)ccc1C. The first-order valence-electron chi connectivity index (χ1n) is 7.97. The molecule has 3 rings (SSSR count). The fraction of sp³-hybridized carbons (Fsp3) is 0.200. The molecule has 0 unspecified atom stereocenters. The lowest BCUT2D eigenvalue weighted by molar-refractivity contribution is 0.102. The number of amides is 1. The fourth-order valence-electron chi connectivity index (χ4n) is 2.91. The second-order valence-corrected chi connectivity index (χ2v) is 6.28. The van der Waals surface area contributed by atoms with Crippen molar-refractivity contribution in [1.29, 1.82) is 0 Å². The minimum Gasteiger partial charge on any atom is -0.322 e. The quantitative estimate of drug-likeness (QED) is 0.702. The van der Waals surface area contributed by atoms with Gasteiger partial charge in [0.25, 0.3) is 5.91 Å². The Morgan fingerprint density at radius 3 is 2.67 bits per heavy atom. The number of rotatable bonds is 3. The Hall–Kier alpha value is -2.39. The number of carbonyl (C=O) groups excluding carboxylic acids is 1. The summed E-state index contributed by atoms with van der Waals surface area (Å²) in [7, 11) is 0. The molecule has 3 nitrogen and oxygen atoms in total. The topological polar surface area (TPSA) is 42.0 Å². The minimum atomic E-state index is -0.145. The molecule has 24 heavy (non-hydrogen) atoms. The second kappa shape index (κ2) is 6.62. The van der Waals surface area contributed by atoms with Gasteiger partial charge in [0.1, 0.15) is 0 Å². The molecule has 0 fully saturated rings. The summed E-state index contributed by atoms with van der Waals surface area (Å²) >= 11 is 6.05. The number of benzene rings is 2. The number of nitrogens with zero attached hydrogens (tertiary/aromatic N) is 1. The number of hydrogen-bond donors (Lipinski definition) is 1. The van der Waals surface area contributed by atoms with Crippen molar-refractivity contribution in [3.63, 3.8) is 0 Å². The van der Waals surface area contributed by atoms with E-state index in [0.29, 0.717) is 17.0 Å². The number of para-hydroxylation sites is 1. The van der Waals surface area contributed by atoms with E-state index in [-0.39, 0.29) is 5.91 Å². The van der Waals surface area contributed by atoms with Crippen molar-refractivity contribution in [1.82, 2.24) is 4.98 Å². The number of anilines is 1. The Morgan fingerprint density at radius 1 is 1.17 bits per heavy atom. The van der Waals surface area contributed by atoms with Crippen LogP contribution in [0.3, 0.4) is 0 Å². The van der Waals surface area contributed by atoms with Gasteiger partial charge in [-0.25, -0.2) is 0 Å². The van der Waals surface area contributed by atoms with E-state index in [2.05, 4.69) is 10.3 Å². The van der Waals surface area contributed by atoms with Crippen molar-refractivity contribution in [2.45, 2.75) is 27.2 Å². The molecule has 0 radical (unpaired) electrons. The minimum absolute atomic E-state index is 0.145. The molecule has 3 aromatic rings. The number of aryl methyl sites for hydroxylation is 3. The van der Waals surface area contributed by atoms with Crippen LogP contribution < -0.4 is 5.32 Å². The molecule has 0 spiro atoms. The molecule has 1 heterocycles. The van der Waals surface area contributed by atoms with Crippen LogP contribution >= 0.6 is 11.6 Å². The third-order valence-electron chi connectivity index (χ3n) is 4.24. The zero-order valence-electron chi connectivity index (χ0n) is 14.0. The van der Waals surface area contributed by atoms with Crippen LogP contribution in [0.4, 0.5) is 5.69 Å². The normalized spacial score (nSPS) is 10.8. The monoisotopic (exact) mass is 338 g/mol. The summed E-state index contributed by atoms with van der Waals surface area (Å²) < 4.78 is 0. The molecular formula is C20H19ClN2O. The standard InChI is InChI=1S/C20H19ClN2O/c1-4-16-19(13(3)15-7-5-6-8-17(15)22-16)20(24)23-18-11-14(21)10-9-12(18)2/h5-11H,4H2,1-3H3,(H,23,24). The maximum Gasteiger partial charge on any atom is 0.257 e. The highest BCUT2D eigenvalue weighted by Gasteiger charge is 2.18. The zero-order valence-corrected chi connectivity index (χ0v) is 14.7. The van der Waals surface area contributed by atoms with Gasteiger partial charge < -0.3 is 5.32 Å². The van der Waals surface area contributed by atoms with Crippen molar-refractivity contribution >= 4 is 34.1 Å². The Bertz CT molecular complexity index is 934. The average molecular weight is 339 g/mol. The lowest BCUT2D eigenvalue weighted by Crippen LogP contribution is -2.17. The van der Waals surface area contributed by atoms with Crippen molar-refractivity contribution in [2.24, 2.45) is 0 Å². The number of pyridine rings is 1. The molecule has 0 aliphatic carbocycles. The van der Waals surface area contributed by atoms with Crippen LogP contribution in [-0.2, 0) is 6.42 Å². The lowest BCUT2D eigenvalue weighted by atomic mass is 9.99. The van der Waals surface area contributed by atoms with Gasteiger partial charge in [0.2, 0.25) is 0 Å². The van der Waals surface area contributed by atoms with E-state index in [0.717, 1.165) is 33.4 Å². The summed E-state index contributed by atoms with van der Waals surface area (Å²) in [4.78, 5) is 17.6. The largest absolute Gasteiger partial charge is 0.322 e. The molecule has 2 aromatic carbocycles. The summed E-state index contributed by atoms with van der Waals surface area (Å²) in [5, 5.41) is 4.58. The van der Waals surface area contributed by atoms with Crippen molar-refractivity contribution in [2.75, 3.05) is 5.32 Å². The number of carbonyl (C=O) groups is 1. The number of halogens is 1.